The highest BCUT2D eigenvalue weighted by atomic mass is 35.5. The number of hydrogen-bond donors (Lipinski definition) is 2. The molecule has 0 fully saturated rings. The fourth-order valence-electron chi connectivity index (χ4n) is 2.62. The number of carbonyl (C=O) groups excluding carboxylic acids is 1. The lowest BCUT2D eigenvalue weighted by Crippen LogP contribution is -2.20. The lowest BCUT2D eigenvalue weighted by Gasteiger charge is -2.11. The van der Waals surface area contributed by atoms with E-state index in [-0.39, 0.29) is 17.4 Å². The minimum Gasteiger partial charge on any atom is -0.484 e. The van der Waals surface area contributed by atoms with Crippen molar-refractivity contribution >= 4 is 38.9 Å². The van der Waals surface area contributed by atoms with E-state index in [1.165, 1.54) is 24.3 Å². The predicted molar refractivity (Wildman–Crippen MR) is 119 cm³/mol. The number of sulfonamides is 1. The summed E-state index contributed by atoms with van der Waals surface area (Å²) in [6.07, 6.45) is 0. The summed E-state index contributed by atoms with van der Waals surface area (Å²) in [5, 5.41) is 3.25. The molecule has 2 N–H and O–H groups in total. The number of carbonyl (C=O) groups is 1. The first-order valence-corrected chi connectivity index (χ1v) is 11.0. The molecule has 6 nitrogen and oxygen atoms in total. The number of rotatable bonds is 7. The van der Waals surface area contributed by atoms with Gasteiger partial charge in [-0.05, 0) is 67.4 Å². The maximum absolute atomic E-state index is 12.6. The number of anilines is 2. The van der Waals surface area contributed by atoms with E-state index in [0.29, 0.717) is 22.1 Å². The average Bonchev–Trinajstić information content (AvgIpc) is 2.71. The molecule has 0 heterocycles. The Kier molecular flexibility index (Phi) is 6.64. The smallest absolute Gasteiger partial charge is 0.262 e. The molecule has 0 aliphatic rings. The molecule has 3 aromatic rings. The highest BCUT2D eigenvalue weighted by Crippen LogP contribution is 2.22. The molecule has 0 atom stereocenters. The Morgan fingerprint density at radius 1 is 0.967 bits per heavy atom. The van der Waals surface area contributed by atoms with Gasteiger partial charge in [-0.3, -0.25) is 9.52 Å². The van der Waals surface area contributed by atoms with E-state index in [0.717, 1.165) is 11.1 Å². The monoisotopic (exact) mass is 444 g/mol. The van der Waals surface area contributed by atoms with Crippen molar-refractivity contribution in [3.63, 3.8) is 0 Å². The molecular weight excluding hydrogens is 424 g/mol. The predicted octanol–water partition coefficient (Wildman–Crippen LogP) is 4.78. The van der Waals surface area contributed by atoms with E-state index in [2.05, 4.69) is 10.0 Å². The van der Waals surface area contributed by atoms with Crippen LogP contribution >= 0.6 is 11.6 Å². The largest absolute Gasteiger partial charge is 0.484 e. The van der Waals surface area contributed by atoms with Crippen LogP contribution in [-0.4, -0.2) is 20.9 Å². The molecule has 3 rings (SSSR count). The van der Waals surface area contributed by atoms with Crippen LogP contribution in [0.2, 0.25) is 5.02 Å². The molecule has 0 bridgehead atoms. The van der Waals surface area contributed by atoms with Crippen LogP contribution < -0.4 is 14.8 Å². The molecule has 0 unspecified atom stereocenters. The summed E-state index contributed by atoms with van der Waals surface area (Å²) < 4.78 is 33.1. The van der Waals surface area contributed by atoms with Crippen LogP contribution in [0.3, 0.4) is 0 Å². The summed E-state index contributed by atoms with van der Waals surface area (Å²) in [7, 11) is -3.73. The van der Waals surface area contributed by atoms with Crippen LogP contribution in [0.15, 0.2) is 71.6 Å². The number of aryl methyl sites for hydroxylation is 2. The van der Waals surface area contributed by atoms with Gasteiger partial charge in [0.05, 0.1) is 10.6 Å². The molecule has 8 heteroatoms. The fourth-order valence-corrected chi connectivity index (χ4v) is 3.93. The Morgan fingerprint density at radius 3 is 2.33 bits per heavy atom. The summed E-state index contributed by atoms with van der Waals surface area (Å²) in [5.41, 5.74) is 2.83. The molecule has 0 spiro atoms. The first-order valence-electron chi connectivity index (χ1n) is 9.12. The highest BCUT2D eigenvalue weighted by Gasteiger charge is 2.15. The highest BCUT2D eigenvalue weighted by molar-refractivity contribution is 7.92. The second-order valence-corrected chi connectivity index (χ2v) is 8.78. The van der Waals surface area contributed by atoms with Gasteiger partial charge in [0.15, 0.2) is 6.61 Å². The third-order valence-corrected chi connectivity index (χ3v) is 6.14. The number of ether oxygens (including phenoxy) is 1. The SMILES string of the molecule is Cc1ccc(NC(=O)COc2ccc(S(=O)(=O)Nc3ccccc3C)cc2)cc1Cl. The van der Waals surface area contributed by atoms with Gasteiger partial charge in [0.1, 0.15) is 5.75 Å². The molecule has 0 aromatic heterocycles. The zero-order chi connectivity index (χ0) is 21.7. The number of halogens is 1. The van der Waals surface area contributed by atoms with Gasteiger partial charge in [-0.1, -0.05) is 35.9 Å². The molecular formula is C22H21ClN2O4S. The molecule has 0 saturated carbocycles. The van der Waals surface area contributed by atoms with E-state index in [4.69, 9.17) is 16.3 Å². The number of nitrogens with one attached hydrogen (secondary N) is 2. The molecule has 3 aromatic carbocycles. The first kappa shape index (κ1) is 21.7. The molecule has 0 saturated heterocycles. The van der Waals surface area contributed by atoms with Crippen molar-refractivity contribution in [2.75, 3.05) is 16.6 Å². The standard InChI is InChI=1S/C22H21ClN2O4S/c1-15-7-8-17(13-20(15)23)24-22(26)14-29-18-9-11-19(12-10-18)30(27,28)25-21-6-4-3-5-16(21)2/h3-13,25H,14H2,1-2H3,(H,24,26). The Hall–Kier alpha value is -3.03. The zero-order valence-corrected chi connectivity index (χ0v) is 18.0. The Bertz CT molecular complexity index is 1160. The summed E-state index contributed by atoms with van der Waals surface area (Å²) in [5.74, 6) is 0.0229. The van der Waals surface area contributed by atoms with Crippen LogP contribution in [0.5, 0.6) is 5.75 Å². The summed E-state index contributed by atoms with van der Waals surface area (Å²) in [6, 6.07) is 18.2. The number of hydrogen-bond acceptors (Lipinski definition) is 4. The lowest BCUT2D eigenvalue weighted by molar-refractivity contribution is -0.118. The zero-order valence-electron chi connectivity index (χ0n) is 16.5. The van der Waals surface area contributed by atoms with Crippen molar-refractivity contribution in [3.8, 4) is 5.75 Å². The molecule has 0 radical (unpaired) electrons. The van der Waals surface area contributed by atoms with Crippen molar-refractivity contribution < 1.29 is 17.9 Å². The van der Waals surface area contributed by atoms with Crippen LogP contribution in [0.1, 0.15) is 11.1 Å². The summed E-state index contributed by atoms with van der Waals surface area (Å²) in [4.78, 5) is 12.2. The van der Waals surface area contributed by atoms with Crippen molar-refractivity contribution in [2.45, 2.75) is 18.7 Å². The van der Waals surface area contributed by atoms with Crippen LogP contribution in [-0.2, 0) is 14.8 Å². The quantitative estimate of drug-likeness (QED) is 0.549. The Balaban J connectivity index is 1.59. The fraction of sp³-hybridized carbons (Fsp3) is 0.136. The minimum atomic E-state index is -3.73. The van der Waals surface area contributed by atoms with Gasteiger partial charge in [0.25, 0.3) is 15.9 Å². The van der Waals surface area contributed by atoms with E-state index >= 15 is 0 Å². The average molecular weight is 445 g/mol. The molecule has 30 heavy (non-hydrogen) atoms. The van der Waals surface area contributed by atoms with E-state index in [1.807, 2.05) is 32.0 Å². The number of benzene rings is 3. The minimum absolute atomic E-state index is 0.0943. The van der Waals surface area contributed by atoms with Gasteiger partial charge in [0, 0.05) is 10.7 Å². The lowest BCUT2D eigenvalue weighted by atomic mass is 10.2. The van der Waals surface area contributed by atoms with Gasteiger partial charge in [0.2, 0.25) is 0 Å². The van der Waals surface area contributed by atoms with Crippen molar-refractivity contribution in [1.29, 1.82) is 0 Å². The van der Waals surface area contributed by atoms with Crippen molar-refractivity contribution in [1.82, 2.24) is 0 Å². The maximum Gasteiger partial charge on any atom is 0.262 e. The normalized spacial score (nSPS) is 11.0. The third kappa shape index (κ3) is 5.52. The second kappa shape index (κ2) is 9.19. The topological polar surface area (TPSA) is 84.5 Å². The number of amides is 1. The summed E-state index contributed by atoms with van der Waals surface area (Å²) in [6.45, 7) is 3.47. The second-order valence-electron chi connectivity index (χ2n) is 6.69. The van der Waals surface area contributed by atoms with Gasteiger partial charge in [-0.15, -0.1) is 0 Å². The van der Waals surface area contributed by atoms with Gasteiger partial charge >= 0.3 is 0 Å². The first-order chi connectivity index (χ1) is 14.2. The van der Waals surface area contributed by atoms with Gasteiger partial charge in [-0.2, -0.15) is 0 Å². The van der Waals surface area contributed by atoms with Crippen LogP contribution in [0.4, 0.5) is 11.4 Å². The molecule has 0 aliphatic heterocycles. The van der Waals surface area contributed by atoms with E-state index < -0.39 is 10.0 Å². The Labute approximate surface area is 180 Å². The van der Waals surface area contributed by atoms with Crippen LogP contribution in [0.25, 0.3) is 0 Å². The van der Waals surface area contributed by atoms with Gasteiger partial charge < -0.3 is 10.1 Å². The Morgan fingerprint density at radius 2 is 1.67 bits per heavy atom. The van der Waals surface area contributed by atoms with Crippen molar-refractivity contribution in [3.05, 3.63) is 82.9 Å². The summed E-state index contributed by atoms with van der Waals surface area (Å²) >= 11 is 6.04. The molecule has 156 valence electrons. The van der Waals surface area contributed by atoms with Crippen molar-refractivity contribution in [2.24, 2.45) is 0 Å². The van der Waals surface area contributed by atoms with E-state index in [9.17, 15) is 13.2 Å². The molecule has 0 aliphatic carbocycles. The van der Waals surface area contributed by atoms with Gasteiger partial charge in [-0.25, -0.2) is 8.42 Å². The van der Waals surface area contributed by atoms with E-state index in [1.54, 1.807) is 24.3 Å². The maximum atomic E-state index is 12.6. The molecule has 1 amide bonds. The van der Waals surface area contributed by atoms with Crippen LogP contribution in [0, 0.1) is 13.8 Å². The number of para-hydroxylation sites is 1. The third-order valence-electron chi connectivity index (χ3n) is 4.35.